The largest absolute Gasteiger partial charge is 0.392 e. The zero-order valence-corrected chi connectivity index (χ0v) is 8.88. The van der Waals surface area contributed by atoms with Crippen LogP contribution in [0.15, 0.2) is 54.7 Å². The Morgan fingerprint density at radius 1 is 1.06 bits per heavy atom. The molecule has 16 heavy (non-hydrogen) atoms. The Balaban J connectivity index is 2.34. The first-order valence-corrected chi connectivity index (χ1v) is 5.18. The molecule has 0 saturated heterocycles. The summed E-state index contributed by atoms with van der Waals surface area (Å²) in [5.41, 5.74) is 2.75. The second-order valence-corrected chi connectivity index (χ2v) is 3.45. The lowest BCUT2D eigenvalue weighted by atomic mass is 10.1. The molecular weight excluding hydrogens is 198 g/mol. The first-order valence-electron chi connectivity index (χ1n) is 5.18. The summed E-state index contributed by atoms with van der Waals surface area (Å²) in [5, 5.41) is 9.34. The van der Waals surface area contributed by atoms with Gasteiger partial charge in [0.05, 0.1) is 12.3 Å². The average molecular weight is 211 g/mol. The summed E-state index contributed by atoms with van der Waals surface area (Å²) in [6.07, 6.45) is 3.64. The fourth-order valence-corrected chi connectivity index (χ4v) is 1.51. The van der Waals surface area contributed by atoms with Crippen molar-refractivity contribution in [2.24, 2.45) is 0 Å². The Morgan fingerprint density at radius 2 is 1.81 bits per heavy atom. The molecule has 2 heteroatoms. The molecule has 2 aromatic rings. The second kappa shape index (κ2) is 5.24. The van der Waals surface area contributed by atoms with Crippen LogP contribution >= 0.6 is 0 Å². The lowest BCUT2D eigenvalue weighted by molar-refractivity contribution is 0.350. The van der Waals surface area contributed by atoms with Crippen molar-refractivity contribution >= 4 is 11.6 Å². The maximum atomic E-state index is 9.34. The molecule has 80 valence electrons. The summed E-state index contributed by atoms with van der Waals surface area (Å²) in [7, 11) is 0. The average Bonchev–Trinajstić information content (AvgIpc) is 2.38. The van der Waals surface area contributed by atoms with Crippen LogP contribution in [0, 0.1) is 0 Å². The van der Waals surface area contributed by atoms with Crippen LogP contribution in [-0.4, -0.2) is 16.7 Å². The van der Waals surface area contributed by atoms with E-state index in [1.165, 1.54) is 0 Å². The molecule has 0 amide bonds. The molecule has 0 aliphatic rings. The molecule has 2 nitrogen and oxygen atoms in total. The van der Waals surface area contributed by atoms with Gasteiger partial charge in [-0.3, -0.25) is 4.98 Å². The van der Waals surface area contributed by atoms with Crippen LogP contribution in [0.2, 0.25) is 0 Å². The number of aliphatic hydroxyl groups is 1. The van der Waals surface area contributed by atoms with E-state index in [-0.39, 0.29) is 6.61 Å². The first-order chi connectivity index (χ1) is 7.90. The van der Waals surface area contributed by atoms with Gasteiger partial charge in [0.15, 0.2) is 0 Å². The third-order valence-corrected chi connectivity index (χ3v) is 2.32. The molecule has 0 spiro atoms. The zero-order valence-electron chi connectivity index (χ0n) is 8.88. The first kappa shape index (κ1) is 10.6. The summed E-state index contributed by atoms with van der Waals surface area (Å²) in [5.74, 6) is 0. The van der Waals surface area contributed by atoms with Gasteiger partial charge in [0.1, 0.15) is 0 Å². The number of benzene rings is 1. The van der Waals surface area contributed by atoms with Gasteiger partial charge in [-0.1, -0.05) is 36.4 Å². The van der Waals surface area contributed by atoms with E-state index in [1.54, 1.807) is 6.20 Å². The highest BCUT2D eigenvalue weighted by Gasteiger charge is 1.99. The van der Waals surface area contributed by atoms with Gasteiger partial charge in [0.2, 0.25) is 0 Å². The van der Waals surface area contributed by atoms with Gasteiger partial charge >= 0.3 is 0 Å². The normalized spacial score (nSPS) is 11.4. The zero-order chi connectivity index (χ0) is 11.2. The van der Waals surface area contributed by atoms with Crippen LogP contribution < -0.4 is 0 Å². The Bertz CT molecular complexity index is 463. The lowest BCUT2D eigenvalue weighted by Gasteiger charge is -2.03. The van der Waals surface area contributed by atoms with Gasteiger partial charge < -0.3 is 5.11 Å². The van der Waals surface area contributed by atoms with Crippen molar-refractivity contribution in [3.05, 3.63) is 66.0 Å². The van der Waals surface area contributed by atoms with E-state index in [4.69, 9.17) is 0 Å². The summed E-state index contributed by atoms with van der Waals surface area (Å²) < 4.78 is 0. The van der Waals surface area contributed by atoms with Crippen LogP contribution in [0.25, 0.3) is 11.6 Å². The summed E-state index contributed by atoms with van der Waals surface area (Å²) in [4.78, 5) is 4.20. The molecule has 1 heterocycles. The molecule has 0 aliphatic heterocycles. The molecule has 1 N–H and O–H groups in total. The van der Waals surface area contributed by atoms with Crippen LogP contribution in [0.5, 0.6) is 0 Å². The number of aliphatic hydroxyl groups excluding tert-OH is 1. The Morgan fingerprint density at radius 3 is 2.44 bits per heavy atom. The van der Waals surface area contributed by atoms with Gasteiger partial charge in [-0.05, 0) is 29.3 Å². The van der Waals surface area contributed by atoms with E-state index in [0.717, 1.165) is 16.8 Å². The van der Waals surface area contributed by atoms with E-state index in [1.807, 2.05) is 54.6 Å². The maximum Gasteiger partial charge on any atom is 0.0688 e. The number of aromatic nitrogens is 1. The Hall–Kier alpha value is -1.93. The van der Waals surface area contributed by atoms with Gasteiger partial charge in [0.25, 0.3) is 0 Å². The lowest BCUT2D eigenvalue weighted by Crippen LogP contribution is -1.90. The fourth-order valence-electron chi connectivity index (χ4n) is 1.51. The van der Waals surface area contributed by atoms with Gasteiger partial charge in [0, 0.05) is 6.20 Å². The number of hydrogen-bond acceptors (Lipinski definition) is 2. The molecule has 0 unspecified atom stereocenters. The molecule has 0 aliphatic carbocycles. The highest BCUT2D eigenvalue weighted by Crippen LogP contribution is 2.16. The number of rotatable bonds is 3. The predicted octanol–water partition coefficient (Wildman–Crippen LogP) is 2.61. The molecule has 0 saturated carbocycles. The third kappa shape index (κ3) is 2.55. The minimum absolute atomic E-state index is 0.0145. The molecule has 1 aromatic carbocycles. The van der Waals surface area contributed by atoms with Crippen molar-refractivity contribution in [1.82, 2.24) is 4.98 Å². The molecule has 0 bridgehead atoms. The van der Waals surface area contributed by atoms with Crippen molar-refractivity contribution in [2.45, 2.75) is 0 Å². The van der Waals surface area contributed by atoms with Crippen molar-refractivity contribution in [3.63, 3.8) is 0 Å². The maximum absolute atomic E-state index is 9.34. The summed E-state index contributed by atoms with van der Waals surface area (Å²) in [6, 6.07) is 15.5. The smallest absolute Gasteiger partial charge is 0.0688 e. The third-order valence-electron chi connectivity index (χ3n) is 2.32. The second-order valence-electron chi connectivity index (χ2n) is 3.45. The van der Waals surface area contributed by atoms with E-state index < -0.39 is 0 Å². The minimum atomic E-state index is 0.0145. The van der Waals surface area contributed by atoms with Crippen molar-refractivity contribution in [1.29, 1.82) is 0 Å². The van der Waals surface area contributed by atoms with E-state index in [0.29, 0.717) is 0 Å². The molecule has 0 radical (unpaired) electrons. The number of nitrogens with zero attached hydrogens (tertiary/aromatic N) is 1. The van der Waals surface area contributed by atoms with Crippen molar-refractivity contribution in [3.8, 4) is 0 Å². The van der Waals surface area contributed by atoms with E-state index in [9.17, 15) is 5.11 Å². The molecule has 2 rings (SSSR count). The fraction of sp³-hybridized carbons (Fsp3) is 0.0714. The van der Waals surface area contributed by atoms with Crippen LogP contribution in [0.3, 0.4) is 0 Å². The SMILES string of the molecule is OC/C(=C/c1ccccn1)c1ccccc1. The van der Waals surface area contributed by atoms with Crippen LogP contribution in [0.1, 0.15) is 11.3 Å². The Labute approximate surface area is 94.9 Å². The van der Waals surface area contributed by atoms with Gasteiger partial charge in [-0.15, -0.1) is 0 Å². The van der Waals surface area contributed by atoms with Crippen molar-refractivity contribution in [2.75, 3.05) is 6.61 Å². The highest BCUT2D eigenvalue weighted by atomic mass is 16.3. The molecule has 1 aromatic heterocycles. The topological polar surface area (TPSA) is 33.1 Å². The van der Waals surface area contributed by atoms with Crippen LogP contribution in [0.4, 0.5) is 0 Å². The standard InChI is InChI=1S/C14H13NO/c16-11-13(12-6-2-1-3-7-12)10-14-8-4-5-9-15-14/h1-10,16H,11H2/b13-10-. The Kier molecular flexibility index (Phi) is 3.46. The quantitative estimate of drug-likeness (QED) is 0.846. The molecule has 0 atom stereocenters. The van der Waals surface area contributed by atoms with E-state index >= 15 is 0 Å². The molecule has 0 fully saturated rings. The van der Waals surface area contributed by atoms with Gasteiger partial charge in [-0.25, -0.2) is 0 Å². The molecular formula is C14H13NO. The van der Waals surface area contributed by atoms with Crippen molar-refractivity contribution < 1.29 is 5.11 Å². The summed E-state index contributed by atoms with van der Waals surface area (Å²) in [6.45, 7) is 0.0145. The van der Waals surface area contributed by atoms with Crippen LogP contribution in [-0.2, 0) is 0 Å². The number of hydrogen-bond donors (Lipinski definition) is 1. The minimum Gasteiger partial charge on any atom is -0.392 e. The van der Waals surface area contributed by atoms with Gasteiger partial charge in [-0.2, -0.15) is 0 Å². The van der Waals surface area contributed by atoms with E-state index in [2.05, 4.69) is 4.98 Å². The summed E-state index contributed by atoms with van der Waals surface area (Å²) >= 11 is 0. The monoisotopic (exact) mass is 211 g/mol. The predicted molar refractivity (Wildman–Crippen MR) is 65.6 cm³/mol. The highest BCUT2D eigenvalue weighted by molar-refractivity contribution is 5.80. The number of pyridine rings is 1.